The molecule has 0 unspecified atom stereocenters. The monoisotopic (exact) mass is 451 g/mol. The number of nitrogens with zero attached hydrogens (tertiary/aromatic N) is 3. The van der Waals surface area contributed by atoms with Gasteiger partial charge in [-0.3, -0.25) is 14.5 Å². The molecule has 0 radical (unpaired) electrons. The van der Waals surface area contributed by atoms with Gasteiger partial charge in [-0.05, 0) is 18.6 Å². The van der Waals surface area contributed by atoms with E-state index in [0.717, 1.165) is 12.1 Å². The van der Waals surface area contributed by atoms with E-state index in [1.165, 1.54) is 0 Å². The summed E-state index contributed by atoms with van der Waals surface area (Å²) >= 11 is 0. The number of imidazole rings is 1. The maximum atomic E-state index is 13.6. The number of piperazine rings is 1. The lowest BCUT2D eigenvalue weighted by Gasteiger charge is -2.41. The van der Waals surface area contributed by atoms with E-state index in [1.807, 2.05) is 24.3 Å². The highest BCUT2D eigenvalue weighted by molar-refractivity contribution is 6.00. The van der Waals surface area contributed by atoms with Crippen LogP contribution < -0.4 is 10.1 Å². The molecule has 0 saturated carbocycles. The molecule has 0 spiro atoms. The van der Waals surface area contributed by atoms with Gasteiger partial charge in [0.25, 0.3) is 5.91 Å². The first-order valence-corrected chi connectivity index (χ1v) is 11.5. The average molecular weight is 452 g/mol. The van der Waals surface area contributed by atoms with Crippen LogP contribution in [0.1, 0.15) is 28.9 Å². The molecule has 0 aliphatic carbocycles. The van der Waals surface area contributed by atoms with Crippen molar-refractivity contribution in [1.82, 2.24) is 25.1 Å². The molecule has 2 N–H and O–H groups in total. The van der Waals surface area contributed by atoms with Crippen molar-refractivity contribution in [2.45, 2.75) is 37.6 Å². The van der Waals surface area contributed by atoms with E-state index in [-0.39, 0.29) is 24.0 Å². The molecule has 2 aromatic rings. The van der Waals surface area contributed by atoms with Crippen molar-refractivity contribution in [3.8, 4) is 5.75 Å². The Balaban J connectivity index is 1.42. The van der Waals surface area contributed by atoms with E-state index in [0.29, 0.717) is 57.1 Å². The number of H-pyrrole nitrogens is 1. The second-order valence-electron chi connectivity index (χ2n) is 8.67. The molecule has 1 aromatic heterocycles. The predicted octanol–water partition coefficient (Wildman–Crippen LogP) is 1.35. The van der Waals surface area contributed by atoms with Crippen molar-refractivity contribution in [3.63, 3.8) is 0 Å². The molecule has 1 fully saturated rings. The number of benzene rings is 1. The van der Waals surface area contributed by atoms with Crippen molar-refractivity contribution in [1.29, 1.82) is 0 Å². The van der Waals surface area contributed by atoms with Gasteiger partial charge in [-0.2, -0.15) is 0 Å². The van der Waals surface area contributed by atoms with E-state index in [1.54, 1.807) is 23.5 Å². The molecule has 9 nitrogen and oxygen atoms in total. The number of ether oxygens (including phenoxy) is 2. The highest BCUT2D eigenvalue weighted by atomic mass is 16.5. The number of amides is 2. The third-order valence-electron chi connectivity index (χ3n) is 6.39. The minimum atomic E-state index is -0.617. The summed E-state index contributed by atoms with van der Waals surface area (Å²) in [6, 6.07) is 6.65. The Hall–Kier alpha value is -3.17. The van der Waals surface area contributed by atoms with Crippen molar-refractivity contribution in [3.05, 3.63) is 60.2 Å². The molecule has 4 heterocycles. The number of fused-ring (bicyclic) bond motifs is 4. The summed E-state index contributed by atoms with van der Waals surface area (Å²) in [6.45, 7) is 3.02. The van der Waals surface area contributed by atoms with Gasteiger partial charge in [0, 0.05) is 51.0 Å². The van der Waals surface area contributed by atoms with Crippen LogP contribution in [-0.2, 0) is 16.1 Å². The maximum absolute atomic E-state index is 13.6. The number of carbonyl (C=O) groups excluding carboxylic acids is 2. The third kappa shape index (κ3) is 4.94. The Morgan fingerprint density at radius 3 is 2.97 bits per heavy atom. The molecule has 3 aliphatic rings. The summed E-state index contributed by atoms with van der Waals surface area (Å²) in [6.07, 6.45) is 8.89. The van der Waals surface area contributed by atoms with Crippen LogP contribution in [0.5, 0.6) is 5.75 Å². The number of hydrogen-bond acceptors (Lipinski definition) is 6. The van der Waals surface area contributed by atoms with Gasteiger partial charge >= 0.3 is 0 Å². The number of carbonyl (C=O) groups is 2. The number of para-hydroxylation sites is 1. The SMILES string of the molecule is O=C1NC[C@@H]2C=CC[C@@H](CCOc3ccccc3C(=O)N3CCN(Cc4cnc[nH]4)C[C@@H]13)O2. The Labute approximate surface area is 192 Å². The van der Waals surface area contributed by atoms with Crippen molar-refractivity contribution < 1.29 is 19.1 Å². The van der Waals surface area contributed by atoms with Crippen LogP contribution in [0.15, 0.2) is 48.9 Å². The van der Waals surface area contributed by atoms with Gasteiger partial charge in [0.1, 0.15) is 11.8 Å². The number of nitrogens with one attached hydrogen (secondary N) is 2. The quantitative estimate of drug-likeness (QED) is 0.669. The van der Waals surface area contributed by atoms with Crippen molar-refractivity contribution in [2.75, 3.05) is 32.8 Å². The Morgan fingerprint density at radius 1 is 1.18 bits per heavy atom. The molecule has 2 bridgehead atoms. The Bertz CT molecular complexity index is 1010. The number of aromatic nitrogens is 2. The molecule has 2 amide bonds. The van der Waals surface area contributed by atoms with Gasteiger partial charge in [0.15, 0.2) is 0 Å². The van der Waals surface area contributed by atoms with Crippen LogP contribution in [0.2, 0.25) is 0 Å². The van der Waals surface area contributed by atoms with Crippen LogP contribution in [-0.4, -0.2) is 82.6 Å². The van der Waals surface area contributed by atoms with Gasteiger partial charge < -0.3 is 24.7 Å². The minimum Gasteiger partial charge on any atom is -0.493 e. The molecular formula is C24H29N5O4. The Kier molecular flexibility index (Phi) is 6.41. The van der Waals surface area contributed by atoms with Crippen LogP contribution in [0, 0.1) is 0 Å². The van der Waals surface area contributed by atoms with E-state index in [9.17, 15) is 9.59 Å². The van der Waals surface area contributed by atoms with Crippen molar-refractivity contribution in [2.24, 2.45) is 0 Å². The zero-order valence-electron chi connectivity index (χ0n) is 18.5. The largest absolute Gasteiger partial charge is 0.493 e. The summed E-state index contributed by atoms with van der Waals surface area (Å²) in [7, 11) is 0. The summed E-state index contributed by atoms with van der Waals surface area (Å²) < 4.78 is 12.2. The highest BCUT2D eigenvalue weighted by Gasteiger charge is 2.37. The van der Waals surface area contributed by atoms with Gasteiger partial charge in [-0.25, -0.2) is 4.98 Å². The lowest BCUT2D eigenvalue weighted by Crippen LogP contribution is -2.61. The second kappa shape index (κ2) is 9.76. The van der Waals surface area contributed by atoms with Crippen LogP contribution in [0.25, 0.3) is 0 Å². The number of rotatable bonds is 2. The first-order chi connectivity index (χ1) is 16.2. The summed E-state index contributed by atoms with van der Waals surface area (Å²) in [5, 5.41) is 3.03. The van der Waals surface area contributed by atoms with E-state index < -0.39 is 6.04 Å². The first kappa shape index (κ1) is 21.7. The highest BCUT2D eigenvalue weighted by Crippen LogP contribution is 2.25. The van der Waals surface area contributed by atoms with Crippen LogP contribution in [0.3, 0.4) is 0 Å². The van der Waals surface area contributed by atoms with E-state index in [4.69, 9.17) is 9.47 Å². The smallest absolute Gasteiger partial charge is 0.258 e. The predicted molar refractivity (Wildman–Crippen MR) is 121 cm³/mol. The van der Waals surface area contributed by atoms with E-state index in [2.05, 4.69) is 26.3 Å². The van der Waals surface area contributed by atoms with Gasteiger partial charge in [-0.15, -0.1) is 0 Å². The molecular weight excluding hydrogens is 422 g/mol. The molecule has 3 atom stereocenters. The number of aromatic amines is 1. The fraction of sp³-hybridized carbons (Fsp3) is 0.458. The second-order valence-corrected chi connectivity index (χ2v) is 8.67. The molecule has 33 heavy (non-hydrogen) atoms. The van der Waals surface area contributed by atoms with Gasteiger partial charge in [-0.1, -0.05) is 24.3 Å². The average Bonchev–Trinajstić information content (AvgIpc) is 3.35. The third-order valence-corrected chi connectivity index (χ3v) is 6.39. The molecule has 1 saturated heterocycles. The summed E-state index contributed by atoms with van der Waals surface area (Å²) in [5.74, 6) is 0.189. The normalized spacial score (nSPS) is 26.5. The lowest BCUT2D eigenvalue weighted by atomic mass is 10.1. The maximum Gasteiger partial charge on any atom is 0.258 e. The molecule has 174 valence electrons. The van der Waals surface area contributed by atoms with Crippen LogP contribution in [0.4, 0.5) is 0 Å². The summed E-state index contributed by atoms with van der Waals surface area (Å²) in [5.41, 5.74) is 1.46. The molecule has 3 aliphatic heterocycles. The van der Waals surface area contributed by atoms with Gasteiger partial charge in [0.05, 0.1) is 30.7 Å². The standard InChI is InChI=1S/C24H29N5O4/c30-23-21-15-28(14-17-12-25-16-27-17)9-10-29(21)24(31)20-6-1-2-7-22(20)32-11-8-18-4-3-5-19(33-18)13-26-23/h1-3,5-7,12,16,18-19,21H,4,8-11,13-15H2,(H,25,27)(H,26,30)/t18-,19-,21-/m0/s1. The first-order valence-electron chi connectivity index (χ1n) is 11.5. The minimum absolute atomic E-state index is 0.0267. The number of hydrogen-bond donors (Lipinski definition) is 2. The molecule has 1 aromatic carbocycles. The fourth-order valence-corrected chi connectivity index (χ4v) is 4.64. The lowest BCUT2D eigenvalue weighted by molar-refractivity contribution is -0.128. The Morgan fingerprint density at radius 2 is 2.09 bits per heavy atom. The fourth-order valence-electron chi connectivity index (χ4n) is 4.64. The van der Waals surface area contributed by atoms with Crippen LogP contribution >= 0.6 is 0 Å². The van der Waals surface area contributed by atoms with E-state index >= 15 is 0 Å². The zero-order valence-corrected chi connectivity index (χ0v) is 18.5. The summed E-state index contributed by atoms with van der Waals surface area (Å²) in [4.78, 5) is 37.9. The van der Waals surface area contributed by atoms with Crippen molar-refractivity contribution >= 4 is 11.8 Å². The molecule has 9 heteroatoms. The topological polar surface area (TPSA) is 99.8 Å². The molecule has 5 rings (SSSR count). The van der Waals surface area contributed by atoms with Gasteiger partial charge in [0.2, 0.25) is 5.91 Å². The zero-order chi connectivity index (χ0) is 22.6.